The van der Waals surface area contributed by atoms with Crippen LogP contribution in [0, 0.1) is 5.92 Å². The first kappa shape index (κ1) is 16.7. The van der Waals surface area contributed by atoms with E-state index in [1.807, 2.05) is 38.1 Å². The molecule has 4 nitrogen and oxygen atoms in total. The number of carbonyl (C=O) groups excluding carboxylic acids is 1. The molecule has 0 saturated carbocycles. The van der Waals surface area contributed by atoms with E-state index in [1.54, 1.807) is 7.11 Å². The Morgan fingerprint density at radius 3 is 2.56 bits per heavy atom. The molecule has 0 heterocycles. The first-order chi connectivity index (χ1) is 8.06. The van der Waals surface area contributed by atoms with Crippen LogP contribution in [0.4, 0.5) is 0 Å². The summed E-state index contributed by atoms with van der Waals surface area (Å²) in [6.45, 7) is 4.28. The summed E-state index contributed by atoms with van der Waals surface area (Å²) < 4.78 is 5.20. The fourth-order valence-corrected chi connectivity index (χ4v) is 1.45. The third kappa shape index (κ3) is 4.55. The molecule has 1 atom stereocenters. The Hall–Kier alpha value is -1.26. The third-order valence-electron chi connectivity index (χ3n) is 2.67. The Morgan fingerprint density at radius 2 is 2.00 bits per heavy atom. The molecule has 0 aliphatic carbocycles. The van der Waals surface area contributed by atoms with E-state index >= 15 is 0 Å². The molecule has 0 aliphatic rings. The average molecular weight is 273 g/mol. The molecule has 0 spiro atoms. The van der Waals surface area contributed by atoms with Crippen LogP contribution in [0.3, 0.4) is 0 Å². The minimum absolute atomic E-state index is 0. The zero-order valence-electron chi connectivity index (χ0n) is 11.0. The Kier molecular flexibility index (Phi) is 7.39. The fourth-order valence-electron chi connectivity index (χ4n) is 1.45. The number of nitrogens with two attached hydrogens (primary N) is 1. The van der Waals surface area contributed by atoms with Crippen LogP contribution < -0.4 is 15.8 Å². The number of ether oxygens (including phenoxy) is 1. The van der Waals surface area contributed by atoms with E-state index in [-0.39, 0.29) is 24.2 Å². The van der Waals surface area contributed by atoms with Gasteiger partial charge in [-0.05, 0) is 12.0 Å². The van der Waals surface area contributed by atoms with Crippen molar-refractivity contribution < 1.29 is 9.53 Å². The lowest BCUT2D eigenvalue weighted by molar-refractivity contribution is -0.123. The van der Waals surface area contributed by atoms with Crippen molar-refractivity contribution in [3.8, 4) is 5.75 Å². The largest absolute Gasteiger partial charge is 0.496 e. The van der Waals surface area contributed by atoms with Crippen molar-refractivity contribution in [1.82, 2.24) is 5.32 Å². The maximum absolute atomic E-state index is 11.7. The van der Waals surface area contributed by atoms with Gasteiger partial charge < -0.3 is 15.8 Å². The van der Waals surface area contributed by atoms with Crippen molar-refractivity contribution >= 4 is 18.3 Å². The topological polar surface area (TPSA) is 64.3 Å². The molecule has 0 bridgehead atoms. The summed E-state index contributed by atoms with van der Waals surface area (Å²) in [5.41, 5.74) is 6.70. The highest BCUT2D eigenvalue weighted by molar-refractivity contribution is 5.85. The van der Waals surface area contributed by atoms with Gasteiger partial charge in [0.25, 0.3) is 0 Å². The van der Waals surface area contributed by atoms with Crippen molar-refractivity contribution in [2.75, 3.05) is 7.11 Å². The van der Waals surface area contributed by atoms with Crippen LogP contribution in [0.1, 0.15) is 19.4 Å². The highest BCUT2D eigenvalue weighted by atomic mass is 35.5. The maximum atomic E-state index is 11.7. The molecule has 0 radical (unpaired) electrons. The summed E-state index contributed by atoms with van der Waals surface area (Å²) in [5, 5.41) is 2.81. The highest BCUT2D eigenvalue weighted by Gasteiger charge is 2.16. The normalized spacial score (nSPS) is 11.6. The van der Waals surface area contributed by atoms with E-state index in [2.05, 4.69) is 5.32 Å². The Labute approximate surface area is 114 Å². The predicted octanol–water partition coefficient (Wildman–Crippen LogP) is 1.72. The van der Waals surface area contributed by atoms with E-state index < -0.39 is 6.04 Å². The summed E-state index contributed by atoms with van der Waals surface area (Å²) >= 11 is 0. The summed E-state index contributed by atoms with van der Waals surface area (Å²) in [7, 11) is 1.61. The van der Waals surface area contributed by atoms with Crippen LogP contribution in [0.5, 0.6) is 5.75 Å². The number of amides is 1. The van der Waals surface area contributed by atoms with Crippen LogP contribution in [0.15, 0.2) is 24.3 Å². The quantitative estimate of drug-likeness (QED) is 0.858. The maximum Gasteiger partial charge on any atom is 0.237 e. The molecule has 1 aromatic rings. The van der Waals surface area contributed by atoms with Gasteiger partial charge >= 0.3 is 0 Å². The second-order valence-corrected chi connectivity index (χ2v) is 4.30. The molecule has 3 N–H and O–H groups in total. The molecule has 1 unspecified atom stereocenters. The van der Waals surface area contributed by atoms with Crippen molar-refractivity contribution in [2.45, 2.75) is 26.4 Å². The molecule has 5 heteroatoms. The minimum atomic E-state index is -0.468. The molecule has 18 heavy (non-hydrogen) atoms. The lowest BCUT2D eigenvalue weighted by Gasteiger charge is -2.16. The number of hydrogen-bond acceptors (Lipinski definition) is 3. The zero-order chi connectivity index (χ0) is 12.8. The molecule has 1 amide bonds. The molecule has 1 aromatic carbocycles. The summed E-state index contributed by atoms with van der Waals surface area (Å²) in [4.78, 5) is 11.7. The molecule has 1 rings (SSSR count). The van der Waals surface area contributed by atoms with Crippen LogP contribution in [0.25, 0.3) is 0 Å². The van der Waals surface area contributed by atoms with E-state index in [4.69, 9.17) is 10.5 Å². The number of rotatable bonds is 5. The number of hydrogen-bond donors (Lipinski definition) is 2. The van der Waals surface area contributed by atoms with Crippen molar-refractivity contribution in [2.24, 2.45) is 11.7 Å². The Morgan fingerprint density at radius 1 is 1.39 bits per heavy atom. The molecule has 0 aliphatic heterocycles. The predicted molar refractivity (Wildman–Crippen MR) is 74.9 cm³/mol. The number of halogens is 1. The first-order valence-corrected chi connectivity index (χ1v) is 5.71. The van der Waals surface area contributed by atoms with Gasteiger partial charge in [-0.1, -0.05) is 32.0 Å². The summed E-state index contributed by atoms with van der Waals surface area (Å²) in [6.07, 6.45) is 0. The number of methoxy groups -OCH3 is 1. The number of carbonyl (C=O) groups is 1. The Bertz CT molecular complexity index is 383. The van der Waals surface area contributed by atoms with E-state index in [0.29, 0.717) is 6.54 Å². The van der Waals surface area contributed by atoms with Crippen LogP contribution in [0.2, 0.25) is 0 Å². The van der Waals surface area contributed by atoms with Gasteiger partial charge in [-0.15, -0.1) is 12.4 Å². The Balaban J connectivity index is 0.00000289. The average Bonchev–Trinajstić information content (AvgIpc) is 2.35. The van der Waals surface area contributed by atoms with Gasteiger partial charge in [0.15, 0.2) is 0 Å². The standard InChI is InChI=1S/C13H20N2O2.ClH/c1-9(2)12(14)13(16)15-8-10-6-4-5-7-11(10)17-3;/h4-7,9,12H,8,14H2,1-3H3,(H,15,16);1H. The van der Waals surface area contributed by atoms with Gasteiger partial charge in [-0.2, -0.15) is 0 Å². The SMILES string of the molecule is COc1ccccc1CNC(=O)C(N)C(C)C.Cl. The number of benzene rings is 1. The molecular weight excluding hydrogens is 252 g/mol. The van der Waals surface area contributed by atoms with Crippen LogP contribution in [-0.2, 0) is 11.3 Å². The van der Waals surface area contributed by atoms with Gasteiger partial charge in [0.2, 0.25) is 5.91 Å². The molecule has 0 saturated heterocycles. The smallest absolute Gasteiger partial charge is 0.237 e. The lowest BCUT2D eigenvalue weighted by Crippen LogP contribution is -2.43. The van der Waals surface area contributed by atoms with E-state index in [0.717, 1.165) is 11.3 Å². The highest BCUT2D eigenvalue weighted by Crippen LogP contribution is 2.16. The first-order valence-electron chi connectivity index (χ1n) is 5.71. The van der Waals surface area contributed by atoms with Crippen molar-refractivity contribution in [1.29, 1.82) is 0 Å². The van der Waals surface area contributed by atoms with E-state index in [9.17, 15) is 4.79 Å². The van der Waals surface area contributed by atoms with Gasteiger partial charge in [-0.25, -0.2) is 0 Å². The number of para-hydroxylation sites is 1. The lowest BCUT2D eigenvalue weighted by atomic mass is 10.0. The zero-order valence-corrected chi connectivity index (χ0v) is 11.8. The minimum Gasteiger partial charge on any atom is -0.496 e. The van der Waals surface area contributed by atoms with Gasteiger partial charge in [0.1, 0.15) is 5.75 Å². The molecular formula is C13H21ClN2O2. The summed E-state index contributed by atoms with van der Waals surface area (Å²) in [6, 6.07) is 7.12. The summed E-state index contributed by atoms with van der Waals surface area (Å²) in [5.74, 6) is 0.768. The number of nitrogens with one attached hydrogen (secondary N) is 1. The monoisotopic (exact) mass is 272 g/mol. The van der Waals surface area contributed by atoms with Gasteiger partial charge in [-0.3, -0.25) is 4.79 Å². The van der Waals surface area contributed by atoms with Crippen LogP contribution >= 0.6 is 12.4 Å². The second kappa shape index (κ2) is 7.95. The van der Waals surface area contributed by atoms with Crippen LogP contribution in [-0.4, -0.2) is 19.1 Å². The van der Waals surface area contributed by atoms with Gasteiger partial charge in [0, 0.05) is 12.1 Å². The van der Waals surface area contributed by atoms with Crippen molar-refractivity contribution in [3.05, 3.63) is 29.8 Å². The van der Waals surface area contributed by atoms with Crippen molar-refractivity contribution in [3.63, 3.8) is 0 Å². The fraction of sp³-hybridized carbons (Fsp3) is 0.462. The third-order valence-corrected chi connectivity index (χ3v) is 2.67. The second-order valence-electron chi connectivity index (χ2n) is 4.30. The molecule has 102 valence electrons. The van der Waals surface area contributed by atoms with Gasteiger partial charge in [0.05, 0.1) is 13.2 Å². The molecule has 0 fully saturated rings. The van der Waals surface area contributed by atoms with E-state index in [1.165, 1.54) is 0 Å². The molecule has 0 aromatic heterocycles.